The van der Waals surface area contributed by atoms with Crippen LogP contribution in [0.4, 0.5) is 17.1 Å². The minimum atomic E-state index is 1.08. The molecule has 0 unspecified atom stereocenters. The van der Waals surface area contributed by atoms with Crippen LogP contribution in [0.1, 0.15) is 0 Å². The van der Waals surface area contributed by atoms with Crippen molar-refractivity contribution in [3.05, 3.63) is 243 Å². The molecule has 12 rings (SSSR count). The smallest absolute Gasteiger partial charge is 0.0541 e. The molecular weight excluding hydrogens is 781 g/mol. The summed E-state index contributed by atoms with van der Waals surface area (Å²) in [6.07, 6.45) is 0. The van der Waals surface area contributed by atoms with Crippen LogP contribution in [-0.2, 0) is 0 Å². The van der Waals surface area contributed by atoms with Crippen LogP contribution in [0.3, 0.4) is 0 Å². The zero-order chi connectivity index (χ0) is 41.7. The maximum Gasteiger partial charge on any atom is 0.0541 e. The molecule has 0 saturated heterocycles. The fourth-order valence-electron chi connectivity index (χ4n) is 9.60. The molecule has 3 heteroatoms. The molecule has 0 atom stereocenters. The third-order valence-corrected chi connectivity index (χ3v) is 13.6. The zero-order valence-corrected chi connectivity index (χ0v) is 35.2. The number of fused-ring (bicyclic) bond motifs is 6. The molecule has 0 aliphatic rings. The number of hydrogen-bond donors (Lipinski definition) is 0. The standard InChI is InChI=1S/C60H40N2S/c1-2-18-41(19-3-1)45-20-4-5-22-47(45)48-23-6-7-24-49(48)50-25-9-14-30-56(50)61(44-38-39-60-54(40-44)53-28-12-17-33-59(53)63-60)43-36-34-42(35-37-43)46-21-8-13-29-55(46)62-57-31-15-10-26-51(57)52-27-11-16-32-58(52)62/h1-40H. The van der Waals surface area contributed by atoms with E-state index in [1.807, 2.05) is 11.3 Å². The number of rotatable bonds is 8. The number of para-hydroxylation sites is 4. The van der Waals surface area contributed by atoms with E-state index in [1.54, 1.807) is 0 Å². The van der Waals surface area contributed by atoms with E-state index >= 15 is 0 Å². The van der Waals surface area contributed by atoms with Gasteiger partial charge in [0.05, 0.1) is 22.4 Å². The predicted molar refractivity (Wildman–Crippen MR) is 270 cm³/mol. The molecule has 0 saturated carbocycles. The molecule has 2 aromatic heterocycles. The van der Waals surface area contributed by atoms with Crippen molar-refractivity contribution in [2.75, 3.05) is 4.90 Å². The number of thiophene rings is 1. The third-order valence-electron chi connectivity index (χ3n) is 12.4. The maximum absolute atomic E-state index is 2.45. The summed E-state index contributed by atoms with van der Waals surface area (Å²) in [5.41, 5.74) is 16.4. The first kappa shape index (κ1) is 36.8. The van der Waals surface area contributed by atoms with Gasteiger partial charge < -0.3 is 9.47 Å². The molecule has 63 heavy (non-hydrogen) atoms. The number of benzene rings is 10. The van der Waals surface area contributed by atoms with Crippen molar-refractivity contribution in [1.82, 2.24) is 4.57 Å². The Hall–Kier alpha value is -7.98. The molecule has 2 nitrogen and oxygen atoms in total. The minimum absolute atomic E-state index is 1.08. The average molecular weight is 821 g/mol. The van der Waals surface area contributed by atoms with Crippen molar-refractivity contribution in [1.29, 1.82) is 0 Å². The summed E-state index contributed by atoms with van der Waals surface area (Å²) in [5, 5.41) is 5.07. The Morgan fingerprint density at radius 3 is 1.49 bits per heavy atom. The second-order valence-electron chi connectivity index (χ2n) is 16.0. The summed E-state index contributed by atoms with van der Waals surface area (Å²) in [6.45, 7) is 0. The van der Waals surface area contributed by atoms with E-state index in [9.17, 15) is 0 Å². The lowest BCUT2D eigenvalue weighted by Gasteiger charge is -2.29. The van der Waals surface area contributed by atoms with Gasteiger partial charge in [-0.25, -0.2) is 0 Å². The summed E-state index contributed by atoms with van der Waals surface area (Å²) in [5.74, 6) is 0. The molecular formula is C60H40N2S. The summed E-state index contributed by atoms with van der Waals surface area (Å²) < 4.78 is 5.01. The fraction of sp³-hybridized carbons (Fsp3) is 0. The number of anilines is 3. The van der Waals surface area contributed by atoms with Gasteiger partial charge in [-0.05, 0) is 94.0 Å². The normalized spacial score (nSPS) is 11.5. The van der Waals surface area contributed by atoms with Gasteiger partial charge in [0, 0.05) is 53.4 Å². The lowest BCUT2D eigenvalue weighted by Crippen LogP contribution is -2.11. The van der Waals surface area contributed by atoms with Crippen LogP contribution in [0.2, 0.25) is 0 Å². The van der Waals surface area contributed by atoms with Crippen LogP contribution in [0.25, 0.3) is 92.2 Å². The van der Waals surface area contributed by atoms with Gasteiger partial charge in [0.25, 0.3) is 0 Å². The average Bonchev–Trinajstić information content (AvgIpc) is 3.90. The molecule has 12 aromatic rings. The monoisotopic (exact) mass is 820 g/mol. The summed E-state index contributed by atoms with van der Waals surface area (Å²) >= 11 is 1.85. The molecule has 2 heterocycles. The summed E-state index contributed by atoms with van der Waals surface area (Å²) in [6, 6.07) is 88.4. The largest absolute Gasteiger partial charge is 0.310 e. The highest BCUT2D eigenvalue weighted by atomic mass is 32.1. The SMILES string of the molecule is c1ccc(-c2ccccc2-c2ccccc2-c2ccccc2N(c2ccc(-c3ccccc3-n3c4ccccc4c4ccccc43)cc2)c2ccc3sc4ccccc4c3c2)cc1. The van der Waals surface area contributed by atoms with Gasteiger partial charge in [0.2, 0.25) is 0 Å². The fourth-order valence-corrected chi connectivity index (χ4v) is 10.7. The molecule has 10 aromatic carbocycles. The van der Waals surface area contributed by atoms with Crippen LogP contribution in [-0.4, -0.2) is 4.57 Å². The Morgan fingerprint density at radius 1 is 0.302 bits per heavy atom. The van der Waals surface area contributed by atoms with Crippen LogP contribution in [0, 0.1) is 0 Å². The first-order valence-corrected chi connectivity index (χ1v) is 22.3. The highest BCUT2D eigenvalue weighted by Crippen LogP contribution is 2.47. The van der Waals surface area contributed by atoms with E-state index in [1.165, 1.54) is 75.4 Å². The van der Waals surface area contributed by atoms with Crippen LogP contribution >= 0.6 is 11.3 Å². The highest BCUT2D eigenvalue weighted by molar-refractivity contribution is 7.25. The van der Waals surface area contributed by atoms with Crippen molar-refractivity contribution in [2.24, 2.45) is 0 Å². The molecule has 0 radical (unpaired) electrons. The molecule has 0 bridgehead atoms. The lowest BCUT2D eigenvalue weighted by atomic mass is 9.88. The van der Waals surface area contributed by atoms with Crippen molar-refractivity contribution < 1.29 is 0 Å². The minimum Gasteiger partial charge on any atom is -0.310 e. The molecule has 0 aliphatic heterocycles. The Bertz CT molecular complexity index is 3580. The Labute approximate surface area is 370 Å². The summed E-state index contributed by atoms with van der Waals surface area (Å²) in [4.78, 5) is 2.45. The molecule has 0 amide bonds. The van der Waals surface area contributed by atoms with Crippen molar-refractivity contribution in [2.45, 2.75) is 0 Å². The summed E-state index contributed by atoms with van der Waals surface area (Å²) in [7, 11) is 0. The second-order valence-corrected chi connectivity index (χ2v) is 17.1. The maximum atomic E-state index is 2.45. The van der Waals surface area contributed by atoms with E-state index in [2.05, 4.69) is 252 Å². The first-order valence-electron chi connectivity index (χ1n) is 21.5. The van der Waals surface area contributed by atoms with Gasteiger partial charge in [0.15, 0.2) is 0 Å². The van der Waals surface area contributed by atoms with Crippen LogP contribution < -0.4 is 4.90 Å². The molecule has 0 aliphatic carbocycles. The van der Waals surface area contributed by atoms with E-state index in [-0.39, 0.29) is 0 Å². The molecule has 0 fully saturated rings. The van der Waals surface area contributed by atoms with Gasteiger partial charge in [-0.2, -0.15) is 0 Å². The second kappa shape index (κ2) is 15.5. The van der Waals surface area contributed by atoms with Crippen molar-refractivity contribution in [3.8, 4) is 50.2 Å². The van der Waals surface area contributed by atoms with Gasteiger partial charge in [0.1, 0.15) is 0 Å². The van der Waals surface area contributed by atoms with E-state index in [4.69, 9.17) is 0 Å². The number of nitrogens with zero attached hydrogens (tertiary/aromatic N) is 2. The van der Waals surface area contributed by atoms with E-state index in [0.29, 0.717) is 0 Å². The van der Waals surface area contributed by atoms with Gasteiger partial charge >= 0.3 is 0 Å². The number of aromatic nitrogens is 1. The molecule has 296 valence electrons. The topological polar surface area (TPSA) is 8.17 Å². The Balaban J connectivity index is 1.04. The van der Waals surface area contributed by atoms with Gasteiger partial charge in [-0.1, -0.05) is 182 Å². The third kappa shape index (κ3) is 6.33. The quantitative estimate of drug-likeness (QED) is 0.148. The Kier molecular flexibility index (Phi) is 9.06. The zero-order valence-electron chi connectivity index (χ0n) is 34.4. The van der Waals surface area contributed by atoms with Crippen molar-refractivity contribution in [3.63, 3.8) is 0 Å². The Morgan fingerprint density at radius 2 is 0.778 bits per heavy atom. The predicted octanol–water partition coefficient (Wildman–Crippen LogP) is 17.3. The van der Waals surface area contributed by atoms with Crippen LogP contribution in [0.15, 0.2) is 243 Å². The van der Waals surface area contributed by atoms with Gasteiger partial charge in [-0.15, -0.1) is 11.3 Å². The lowest BCUT2D eigenvalue weighted by molar-refractivity contribution is 1.18. The van der Waals surface area contributed by atoms with E-state index < -0.39 is 0 Å². The molecule has 0 spiro atoms. The number of hydrogen-bond acceptors (Lipinski definition) is 2. The van der Waals surface area contributed by atoms with Crippen molar-refractivity contribution >= 4 is 70.4 Å². The highest BCUT2D eigenvalue weighted by Gasteiger charge is 2.22. The molecule has 0 N–H and O–H groups in total. The van der Waals surface area contributed by atoms with Crippen LogP contribution in [0.5, 0.6) is 0 Å². The first-order chi connectivity index (χ1) is 31.3. The van der Waals surface area contributed by atoms with E-state index in [0.717, 1.165) is 33.9 Å². The van der Waals surface area contributed by atoms with Gasteiger partial charge in [-0.3, -0.25) is 0 Å².